The van der Waals surface area contributed by atoms with Crippen molar-refractivity contribution >= 4 is 39.6 Å². The number of hydrogen-bond donors (Lipinski definition) is 0. The minimum atomic E-state index is -0.346. The fourth-order valence-electron chi connectivity index (χ4n) is 2.95. The molecule has 0 spiro atoms. The van der Waals surface area contributed by atoms with Crippen molar-refractivity contribution < 1.29 is 14.3 Å². The maximum absolute atomic E-state index is 12.9. The second-order valence-electron chi connectivity index (χ2n) is 6.60. The van der Waals surface area contributed by atoms with E-state index in [4.69, 9.17) is 4.74 Å². The third-order valence-corrected chi connectivity index (χ3v) is 5.14. The van der Waals surface area contributed by atoms with E-state index in [1.54, 1.807) is 11.8 Å². The first-order valence-corrected chi connectivity index (χ1v) is 9.51. The molecular formula is C20H22N2O3S. The normalized spacial score (nSPS) is 15.0. The summed E-state index contributed by atoms with van der Waals surface area (Å²) in [6.45, 7) is 8.77. The summed E-state index contributed by atoms with van der Waals surface area (Å²) >= 11 is 1.25. The molecule has 3 rings (SSSR count). The largest absolute Gasteiger partial charge is 0.462 e. The number of carbonyl (C=O) groups is 2. The fourth-order valence-corrected chi connectivity index (χ4v) is 3.89. The number of aliphatic imine (C=N–C) groups is 1. The summed E-state index contributed by atoms with van der Waals surface area (Å²) in [5.41, 5.74) is 2.97. The second kappa shape index (κ2) is 7.41. The van der Waals surface area contributed by atoms with Gasteiger partial charge >= 0.3 is 5.97 Å². The smallest absolute Gasteiger partial charge is 0.348 e. The van der Waals surface area contributed by atoms with Crippen LogP contribution in [0.25, 0.3) is 0 Å². The molecule has 1 aliphatic rings. The summed E-state index contributed by atoms with van der Waals surface area (Å²) in [5, 5.41) is 0.634. The van der Waals surface area contributed by atoms with Crippen molar-refractivity contribution in [2.45, 2.75) is 27.7 Å². The average Bonchev–Trinajstić information content (AvgIpc) is 3.08. The first-order chi connectivity index (χ1) is 12.4. The Balaban J connectivity index is 2.00. The Hall–Kier alpha value is -2.47. The number of nitrogens with zero attached hydrogens (tertiary/aromatic N) is 2. The van der Waals surface area contributed by atoms with Crippen LogP contribution in [0.3, 0.4) is 0 Å². The zero-order valence-electron chi connectivity index (χ0n) is 15.4. The lowest BCUT2D eigenvalue weighted by Gasteiger charge is -2.18. The van der Waals surface area contributed by atoms with Gasteiger partial charge in [0.1, 0.15) is 15.6 Å². The van der Waals surface area contributed by atoms with Gasteiger partial charge in [0.25, 0.3) is 5.91 Å². The standard InChI is InChI=1S/C20H22N2O3S/c1-5-25-20(24)18-13(4)10-16(26-18)21-17-14-8-6-7-9-15(14)22(19(17)23)11-12(2)3/h6-10,12H,5,11H2,1-4H3. The van der Waals surface area contributed by atoms with Crippen LogP contribution in [0.2, 0.25) is 0 Å². The molecule has 0 aliphatic carbocycles. The Bertz CT molecular complexity index is 883. The number of esters is 1. The average molecular weight is 370 g/mol. The van der Waals surface area contributed by atoms with Crippen molar-refractivity contribution in [3.05, 3.63) is 46.3 Å². The molecule has 2 heterocycles. The number of benzene rings is 1. The van der Waals surface area contributed by atoms with E-state index in [0.717, 1.165) is 16.8 Å². The number of amides is 1. The Kier molecular flexibility index (Phi) is 5.23. The van der Waals surface area contributed by atoms with Gasteiger partial charge in [0.05, 0.1) is 12.3 Å². The van der Waals surface area contributed by atoms with Crippen LogP contribution >= 0.6 is 11.3 Å². The molecule has 0 atom stereocenters. The molecule has 0 bridgehead atoms. The molecule has 0 radical (unpaired) electrons. The van der Waals surface area contributed by atoms with E-state index in [1.807, 2.05) is 37.3 Å². The Morgan fingerprint density at radius 2 is 2.04 bits per heavy atom. The van der Waals surface area contributed by atoms with E-state index in [2.05, 4.69) is 18.8 Å². The SMILES string of the molecule is CCOC(=O)c1sc(N=C2C(=O)N(CC(C)C)c3ccccc32)cc1C. The number of hydrogen-bond acceptors (Lipinski definition) is 5. The van der Waals surface area contributed by atoms with Gasteiger partial charge < -0.3 is 9.64 Å². The van der Waals surface area contributed by atoms with Gasteiger partial charge in [-0.2, -0.15) is 0 Å². The summed E-state index contributed by atoms with van der Waals surface area (Å²) in [7, 11) is 0. The maximum atomic E-state index is 12.9. The molecule has 1 aliphatic heterocycles. The van der Waals surface area contributed by atoms with Gasteiger partial charge in [0.15, 0.2) is 0 Å². The van der Waals surface area contributed by atoms with Gasteiger partial charge in [-0.25, -0.2) is 9.79 Å². The number of fused-ring (bicyclic) bond motifs is 1. The minimum absolute atomic E-state index is 0.0939. The van der Waals surface area contributed by atoms with E-state index in [-0.39, 0.29) is 11.9 Å². The lowest BCUT2D eigenvalue weighted by Crippen LogP contribution is -2.33. The molecule has 0 unspecified atom stereocenters. The summed E-state index contributed by atoms with van der Waals surface area (Å²) in [5.74, 6) is -0.0876. The fraction of sp³-hybridized carbons (Fsp3) is 0.350. The van der Waals surface area contributed by atoms with Crippen molar-refractivity contribution in [1.82, 2.24) is 0 Å². The molecule has 26 heavy (non-hydrogen) atoms. The monoisotopic (exact) mass is 370 g/mol. The quantitative estimate of drug-likeness (QED) is 0.735. The van der Waals surface area contributed by atoms with Gasteiger partial charge in [0.2, 0.25) is 0 Å². The molecule has 0 saturated carbocycles. The van der Waals surface area contributed by atoms with Crippen LogP contribution in [0.5, 0.6) is 0 Å². The van der Waals surface area contributed by atoms with Crippen molar-refractivity contribution in [3.63, 3.8) is 0 Å². The van der Waals surface area contributed by atoms with E-state index in [9.17, 15) is 9.59 Å². The van der Waals surface area contributed by atoms with Crippen LogP contribution in [0.15, 0.2) is 35.3 Å². The molecule has 1 aromatic heterocycles. The van der Waals surface area contributed by atoms with Crippen LogP contribution in [0.1, 0.15) is 41.6 Å². The highest BCUT2D eigenvalue weighted by molar-refractivity contribution is 7.17. The molecule has 0 N–H and O–H groups in total. The number of thiophene rings is 1. The van der Waals surface area contributed by atoms with Gasteiger partial charge in [-0.05, 0) is 37.5 Å². The number of ether oxygens (including phenoxy) is 1. The molecular weight excluding hydrogens is 348 g/mol. The van der Waals surface area contributed by atoms with E-state index >= 15 is 0 Å². The third-order valence-electron chi connectivity index (χ3n) is 4.03. The number of carbonyl (C=O) groups excluding carboxylic acids is 2. The van der Waals surface area contributed by atoms with Crippen molar-refractivity contribution in [1.29, 1.82) is 0 Å². The Morgan fingerprint density at radius 3 is 2.73 bits per heavy atom. The number of anilines is 1. The van der Waals surface area contributed by atoms with Crippen LogP contribution in [0.4, 0.5) is 10.7 Å². The van der Waals surface area contributed by atoms with Crippen LogP contribution in [-0.4, -0.2) is 30.7 Å². The number of rotatable bonds is 5. The zero-order chi connectivity index (χ0) is 18.8. The van der Waals surface area contributed by atoms with Gasteiger partial charge in [-0.1, -0.05) is 32.0 Å². The molecule has 0 saturated heterocycles. The molecule has 6 heteroatoms. The van der Waals surface area contributed by atoms with Gasteiger partial charge in [-0.15, -0.1) is 11.3 Å². The summed E-state index contributed by atoms with van der Waals surface area (Å²) < 4.78 is 5.08. The van der Waals surface area contributed by atoms with Gasteiger partial charge in [0, 0.05) is 12.1 Å². The highest BCUT2D eigenvalue weighted by Crippen LogP contribution is 2.34. The lowest BCUT2D eigenvalue weighted by atomic mass is 10.1. The minimum Gasteiger partial charge on any atom is -0.462 e. The highest BCUT2D eigenvalue weighted by Gasteiger charge is 2.34. The molecule has 5 nitrogen and oxygen atoms in total. The predicted octanol–water partition coefficient (Wildman–Crippen LogP) is 4.36. The van der Waals surface area contributed by atoms with Crippen LogP contribution in [-0.2, 0) is 9.53 Å². The first kappa shape index (κ1) is 18.3. The first-order valence-electron chi connectivity index (χ1n) is 8.69. The molecule has 2 aromatic rings. The Morgan fingerprint density at radius 1 is 1.31 bits per heavy atom. The topological polar surface area (TPSA) is 59.0 Å². The second-order valence-corrected chi connectivity index (χ2v) is 7.64. The van der Waals surface area contributed by atoms with Crippen molar-refractivity contribution in [2.24, 2.45) is 10.9 Å². The maximum Gasteiger partial charge on any atom is 0.348 e. The lowest BCUT2D eigenvalue weighted by molar-refractivity contribution is -0.112. The van der Waals surface area contributed by atoms with E-state index in [1.165, 1.54) is 11.3 Å². The van der Waals surface area contributed by atoms with Crippen LogP contribution < -0.4 is 4.90 Å². The van der Waals surface area contributed by atoms with Crippen molar-refractivity contribution in [2.75, 3.05) is 18.1 Å². The summed E-state index contributed by atoms with van der Waals surface area (Å²) in [6.07, 6.45) is 0. The number of aryl methyl sites for hydroxylation is 1. The zero-order valence-corrected chi connectivity index (χ0v) is 16.2. The van der Waals surface area contributed by atoms with E-state index in [0.29, 0.717) is 34.7 Å². The summed E-state index contributed by atoms with van der Waals surface area (Å²) in [6, 6.07) is 9.52. The van der Waals surface area contributed by atoms with E-state index < -0.39 is 0 Å². The Labute approximate surface area is 157 Å². The molecule has 1 aromatic carbocycles. The molecule has 136 valence electrons. The highest BCUT2D eigenvalue weighted by atomic mass is 32.1. The van der Waals surface area contributed by atoms with Crippen LogP contribution in [0, 0.1) is 12.8 Å². The molecule has 1 amide bonds. The molecule has 0 fully saturated rings. The van der Waals surface area contributed by atoms with Gasteiger partial charge in [-0.3, -0.25) is 4.79 Å². The predicted molar refractivity (Wildman–Crippen MR) is 105 cm³/mol. The van der Waals surface area contributed by atoms with Crippen molar-refractivity contribution in [3.8, 4) is 0 Å². The summed E-state index contributed by atoms with van der Waals surface area (Å²) in [4.78, 5) is 31.9. The number of para-hydroxylation sites is 1. The third kappa shape index (κ3) is 3.42.